The lowest BCUT2D eigenvalue weighted by Crippen LogP contribution is -1.80. The zero-order chi connectivity index (χ0) is 10.6. The molecule has 2 nitrogen and oxygen atoms in total. The zero-order valence-corrected chi connectivity index (χ0v) is 9.58. The average molecular weight is 228 g/mol. The summed E-state index contributed by atoms with van der Waals surface area (Å²) in [5.41, 5.74) is 0.608. The van der Waals surface area contributed by atoms with Gasteiger partial charge in [-0.1, -0.05) is 18.5 Å². The molecule has 1 aromatic rings. The third-order valence-corrected chi connectivity index (χ3v) is 3.25. The first-order chi connectivity index (χ1) is 6.72. The highest BCUT2D eigenvalue weighted by Gasteiger charge is 2.08. The van der Waals surface area contributed by atoms with Crippen LogP contribution in [0.1, 0.15) is 18.2 Å². The van der Waals surface area contributed by atoms with Crippen LogP contribution in [0.15, 0.2) is 17.0 Å². The van der Waals surface area contributed by atoms with Crippen LogP contribution in [-0.2, 0) is 0 Å². The van der Waals surface area contributed by atoms with Crippen LogP contribution in [0.5, 0.6) is 5.75 Å². The van der Waals surface area contributed by atoms with Crippen molar-refractivity contribution in [1.82, 2.24) is 0 Å². The summed E-state index contributed by atoms with van der Waals surface area (Å²) in [5, 5.41) is 11.2. The Morgan fingerprint density at radius 3 is 2.86 bits per heavy atom. The van der Waals surface area contributed by atoms with Crippen LogP contribution < -0.4 is 4.74 Å². The Bertz CT molecular complexity index is 389. The smallest absolute Gasteiger partial charge is 0.130 e. The summed E-state index contributed by atoms with van der Waals surface area (Å²) in [5.74, 6) is 0.775. The van der Waals surface area contributed by atoms with Crippen LogP contribution in [0.25, 0.3) is 5.03 Å². The van der Waals surface area contributed by atoms with Crippen molar-refractivity contribution in [2.24, 2.45) is 0 Å². The number of rotatable bonds is 3. The quantitative estimate of drug-likeness (QED) is 0.739. The first kappa shape index (κ1) is 11.1. The number of ether oxygens (including phenoxy) is 1. The fourth-order valence-electron chi connectivity index (χ4n) is 0.973. The molecule has 1 aromatic heterocycles. The monoisotopic (exact) mass is 227 g/mol. The first-order valence-electron chi connectivity index (χ1n) is 4.14. The summed E-state index contributed by atoms with van der Waals surface area (Å²) in [4.78, 5) is 0.877. The Balaban J connectivity index is 3.05. The number of hydrogen-bond acceptors (Lipinski definition) is 3. The molecule has 0 atom stereocenters. The van der Waals surface area contributed by atoms with Crippen LogP contribution in [0.2, 0.25) is 0 Å². The highest BCUT2D eigenvalue weighted by Crippen LogP contribution is 2.32. The molecule has 0 saturated heterocycles. The van der Waals surface area contributed by atoms with Crippen LogP contribution in [0.4, 0.5) is 0 Å². The second-order valence-electron chi connectivity index (χ2n) is 2.61. The van der Waals surface area contributed by atoms with E-state index >= 15 is 0 Å². The summed E-state index contributed by atoms with van der Waals surface area (Å²) in [6.07, 6.45) is 0.648. The van der Waals surface area contributed by atoms with Gasteiger partial charge in [0.05, 0.1) is 23.1 Å². The van der Waals surface area contributed by atoms with Crippen molar-refractivity contribution in [3.05, 3.63) is 21.9 Å². The van der Waals surface area contributed by atoms with Crippen molar-refractivity contribution in [2.75, 3.05) is 7.11 Å². The fraction of sp³-hybridized carbons (Fsp3) is 0.300. The number of hydrogen-bond donors (Lipinski definition) is 0. The zero-order valence-electron chi connectivity index (χ0n) is 8.00. The Labute approximate surface area is 92.4 Å². The summed E-state index contributed by atoms with van der Waals surface area (Å²) in [6.45, 7) is 1.91. The topological polar surface area (TPSA) is 33.0 Å². The number of methoxy groups -OCH3 is 1. The van der Waals surface area contributed by atoms with E-state index < -0.39 is 0 Å². The third kappa shape index (κ3) is 2.28. The Hall–Kier alpha value is -0.980. The van der Waals surface area contributed by atoms with E-state index in [0.29, 0.717) is 17.0 Å². The number of nitriles is 1. The van der Waals surface area contributed by atoms with Gasteiger partial charge in [0.1, 0.15) is 5.75 Å². The maximum absolute atomic E-state index is 8.80. The molecule has 1 heterocycles. The van der Waals surface area contributed by atoms with Gasteiger partial charge in [-0.15, -0.1) is 11.3 Å². The van der Waals surface area contributed by atoms with E-state index in [1.54, 1.807) is 7.11 Å². The molecule has 0 spiro atoms. The molecule has 0 aliphatic rings. The molecule has 0 radical (unpaired) electrons. The highest BCUT2D eigenvalue weighted by molar-refractivity contribution is 7.12. The van der Waals surface area contributed by atoms with Gasteiger partial charge in [0.15, 0.2) is 0 Å². The molecule has 74 valence electrons. The highest BCUT2D eigenvalue weighted by atomic mass is 35.5. The lowest BCUT2D eigenvalue weighted by atomic mass is 10.2. The van der Waals surface area contributed by atoms with Gasteiger partial charge in [-0.2, -0.15) is 5.26 Å². The summed E-state index contributed by atoms with van der Waals surface area (Å²) >= 11 is 7.53. The molecular formula is C10H10ClNOS. The number of thiophene rings is 1. The normalized spacial score (nSPS) is 11.9. The molecule has 4 heteroatoms. The second-order valence-corrected chi connectivity index (χ2v) is 3.90. The van der Waals surface area contributed by atoms with Gasteiger partial charge in [0.25, 0.3) is 0 Å². The van der Waals surface area contributed by atoms with Crippen molar-refractivity contribution in [3.63, 3.8) is 0 Å². The number of allylic oxidation sites excluding steroid dienone is 1. The molecule has 0 saturated carbocycles. The van der Waals surface area contributed by atoms with Gasteiger partial charge in [-0.25, -0.2) is 0 Å². The molecule has 0 fully saturated rings. The lowest BCUT2D eigenvalue weighted by molar-refractivity contribution is 0.416. The minimum Gasteiger partial charge on any atom is -0.496 e. The molecule has 1 rings (SSSR count). The standard InChI is InChI=1S/C10H10ClNOS/c1-3-7(5-12)10(11)9-4-8(13-2)6-14-9/h4,6H,3H2,1-2H3. The Morgan fingerprint density at radius 2 is 2.43 bits per heavy atom. The molecule has 0 N–H and O–H groups in total. The molecule has 0 amide bonds. The van der Waals surface area contributed by atoms with Crippen molar-refractivity contribution >= 4 is 28.0 Å². The predicted molar refractivity (Wildman–Crippen MR) is 59.5 cm³/mol. The molecule has 14 heavy (non-hydrogen) atoms. The Morgan fingerprint density at radius 1 is 1.71 bits per heavy atom. The van der Waals surface area contributed by atoms with Crippen LogP contribution in [0.3, 0.4) is 0 Å². The van der Waals surface area contributed by atoms with Crippen LogP contribution in [-0.4, -0.2) is 7.11 Å². The largest absolute Gasteiger partial charge is 0.496 e. The van der Waals surface area contributed by atoms with Gasteiger partial charge in [-0.05, 0) is 12.5 Å². The molecule has 0 unspecified atom stereocenters. The van der Waals surface area contributed by atoms with E-state index in [9.17, 15) is 0 Å². The first-order valence-corrected chi connectivity index (χ1v) is 5.40. The van der Waals surface area contributed by atoms with Gasteiger partial charge in [0, 0.05) is 11.0 Å². The minimum atomic E-state index is 0.531. The maximum atomic E-state index is 8.80. The van der Waals surface area contributed by atoms with E-state index in [-0.39, 0.29) is 0 Å². The van der Waals surface area contributed by atoms with E-state index in [0.717, 1.165) is 10.6 Å². The molecular weight excluding hydrogens is 218 g/mol. The Kier molecular flexibility index (Phi) is 3.99. The van der Waals surface area contributed by atoms with Crippen molar-refractivity contribution in [3.8, 4) is 11.8 Å². The molecule has 0 aromatic carbocycles. The molecule has 0 bridgehead atoms. The van der Waals surface area contributed by atoms with E-state index in [4.69, 9.17) is 21.6 Å². The van der Waals surface area contributed by atoms with Gasteiger partial charge >= 0.3 is 0 Å². The van der Waals surface area contributed by atoms with Gasteiger partial charge < -0.3 is 4.74 Å². The van der Waals surface area contributed by atoms with Gasteiger partial charge in [-0.3, -0.25) is 0 Å². The second kappa shape index (κ2) is 5.04. The number of halogens is 1. The van der Waals surface area contributed by atoms with E-state index in [1.807, 2.05) is 18.4 Å². The fourth-order valence-corrected chi connectivity index (χ4v) is 2.16. The summed E-state index contributed by atoms with van der Waals surface area (Å²) < 4.78 is 5.04. The van der Waals surface area contributed by atoms with Crippen molar-refractivity contribution in [2.45, 2.75) is 13.3 Å². The third-order valence-electron chi connectivity index (χ3n) is 1.78. The van der Waals surface area contributed by atoms with Crippen LogP contribution >= 0.6 is 22.9 Å². The van der Waals surface area contributed by atoms with Crippen molar-refractivity contribution in [1.29, 1.82) is 5.26 Å². The molecule has 0 aliphatic carbocycles. The molecule has 0 aliphatic heterocycles. The average Bonchev–Trinajstić information content (AvgIpc) is 2.67. The van der Waals surface area contributed by atoms with E-state index in [2.05, 4.69) is 6.07 Å². The summed E-state index contributed by atoms with van der Waals surface area (Å²) in [7, 11) is 1.61. The van der Waals surface area contributed by atoms with Gasteiger partial charge in [0.2, 0.25) is 0 Å². The van der Waals surface area contributed by atoms with E-state index in [1.165, 1.54) is 11.3 Å². The number of nitrogens with zero attached hydrogens (tertiary/aromatic N) is 1. The minimum absolute atomic E-state index is 0.531. The maximum Gasteiger partial charge on any atom is 0.130 e. The van der Waals surface area contributed by atoms with Crippen molar-refractivity contribution < 1.29 is 4.74 Å². The lowest BCUT2D eigenvalue weighted by Gasteiger charge is -1.96. The predicted octanol–water partition coefficient (Wildman–Crippen LogP) is 3.64. The summed E-state index contributed by atoms with van der Waals surface area (Å²) in [6, 6.07) is 3.92. The van der Waals surface area contributed by atoms with Crippen LogP contribution in [0, 0.1) is 11.3 Å². The SMILES string of the molecule is CCC(C#N)=C(Cl)c1cc(OC)cs1.